The Bertz CT molecular complexity index is 799. The number of benzene rings is 2. The lowest BCUT2D eigenvalue weighted by molar-refractivity contribution is 0.0947. The fourth-order valence-corrected chi connectivity index (χ4v) is 2.94. The Morgan fingerprint density at radius 3 is 2.36 bits per heavy atom. The molecule has 4 heteroatoms. The smallest absolute Gasteiger partial charge is 0.267 e. The van der Waals surface area contributed by atoms with Gasteiger partial charge in [0.05, 0.1) is 0 Å². The van der Waals surface area contributed by atoms with Crippen LogP contribution >= 0.6 is 0 Å². The standard InChI is InChI=1S/C21H25N3O/c1-3-24(4-2)15-17-11-9-16(10-12-17)14-22-21(25)20-13-18-7-5-6-8-19(18)23-20/h5-13,23H,3-4,14-15H2,1-2H3,(H,22,25). The summed E-state index contributed by atoms with van der Waals surface area (Å²) in [6.07, 6.45) is 0. The summed E-state index contributed by atoms with van der Waals surface area (Å²) in [5.74, 6) is -0.0802. The first-order valence-corrected chi connectivity index (χ1v) is 8.85. The molecule has 1 amide bonds. The lowest BCUT2D eigenvalue weighted by atomic mass is 10.1. The van der Waals surface area contributed by atoms with Crippen molar-refractivity contribution in [2.75, 3.05) is 13.1 Å². The molecule has 0 aliphatic rings. The van der Waals surface area contributed by atoms with E-state index in [0.717, 1.165) is 36.1 Å². The van der Waals surface area contributed by atoms with Gasteiger partial charge in [0.25, 0.3) is 5.91 Å². The summed E-state index contributed by atoms with van der Waals surface area (Å²) in [5, 5.41) is 4.03. The van der Waals surface area contributed by atoms with E-state index in [1.165, 1.54) is 5.56 Å². The Morgan fingerprint density at radius 2 is 1.68 bits per heavy atom. The summed E-state index contributed by atoms with van der Waals surface area (Å²) in [6, 6.07) is 18.2. The fraction of sp³-hybridized carbons (Fsp3) is 0.286. The van der Waals surface area contributed by atoms with Gasteiger partial charge in [0.15, 0.2) is 0 Å². The first kappa shape index (κ1) is 17.2. The predicted molar refractivity (Wildman–Crippen MR) is 103 cm³/mol. The molecule has 0 fully saturated rings. The number of para-hydroxylation sites is 1. The minimum Gasteiger partial charge on any atom is -0.351 e. The van der Waals surface area contributed by atoms with Crippen LogP contribution in [0.1, 0.15) is 35.5 Å². The second-order valence-electron chi connectivity index (χ2n) is 6.23. The molecule has 1 aromatic heterocycles. The van der Waals surface area contributed by atoms with E-state index >= 15 is 0 Å². The number of rotatable bonds is 7. The highest BCUT2D eigenvalue weighted by molar-refractivity contribution is 5.97. The monoisotopic (exact) mass is 335 g/mol. The third kappa shape index (κ3) is 4.28. The summed E-state index contributed by atoms with van der Waals surface area (Å²) in [6.45, 7) is 7.96. The van der Waals surface area contributed by atoms with Gasteiger partial charge in [0, 0.05) is 24.0 Å². The molecule has 0 saturated carbocycles. The minimum atomic E-state index is -0.0802. The van der Waals surface area contributed by atoms with E-state index in [-0.39, 0.29) is 5.91 Å². The molecule has 0 bridgehead atoms. The van der Waals surface area contributed by atoms with E-state index in [0.29, 0.717) is 12.2 Å². The predicted octanol–water partition coefficient (Wildman–Crippen LogP) is 3.94. The average Bonchev–Trinajstić information content (AvgIpc) is 3.09. The zero-order chi connectivity index (χ0) is 17.6. The molecule has 0 radical (unpaired) electrons. The molecule has 0 saturated heterocycles. The zero-order valence-electron chi connectivity index (χ0n) is 14.9. The molecule has 25 heavy (non-hydrogen) atoms. The number of carbonyl (C=O) groups is 1. The van der Waals surface area contributed by atoms with Crippen molar-refractivity contribution in [3.63, 3.8) is 0 Å². The maximum Gasteiger partial charge on any atom is 0.267 e. The van der Waals surface area contributed by atoms with Crippen molar-refractivity contribution in [1.29, 1.82) is 0 Å². The third-order valence-corrected chi connectivity index (χ3v) is 4.55. The summed E-state index contributed by atoms with van der Waals surface area (Å²) in [7, 11) is 0. The average molecular weight is 335 g/mol. The molecule has 1 heterocycles. The number of H-pyrrole nitrogens is 1. The van der Waals surface area contributed by atoms with Crippen LogP contribution in [0.25, 0.3) is 10.9 Å². The number of fused-ring (bicyclic) bond motifs is 1. The van der Waals surface area contributed by atoms with Gasteiger partial charge in [-0.2, -0.15) is 0 Å². The summed E-state index contributed by atoms with van der Waals surface area (Å²) < 4.78 is 0. The summed E-state index contributed by atoms with van der Waals surface area (Å²) in [4.78, 5) is 17.9. The van der Waals surface area contributed by atoms with Crippen molar-refractivity contribution in [2.24, 2.45) is 0 Å². The number of carbonyl (C=O) groups excluding carboxylic acids is 1. The van der Waals surface area contributed by atoms with Gasteiger partial charge in [-0.3, -0.25) is 9.69 Å². The van der Waals surface area contributed by atoms with Gasteiger partial charge in [-0.25, -0.2) is 0 Å². The van der Waals surface area contributed by atoms with E-state index in [9.17, 15) is 4.79 Å². The number of hydrogen-bond acceptors (Lipinski definition) is 2. The minimum absolute atomic E-state index is 0.0802. The highest BCUT2D eigenvalue weighted by atomic mass is 16.1. The largest absolute Gasteiger partial charge is 0.351 e. The van der Waals surface area contributed by atoms with Crippen LogP contribution in [0.2, 0.25) is 0 Å². The fourth-order valence-electron chi connectivity index (χ4n) is 2.94. The van der Waals surface area contributed by atoms with E-state index in [2.05, 4.69) is 53.3 Å². The molecule has 2 N–H and O–H groups in total. The SMILES string of the molecule is CCN(CC)Cc1ccc(CNC(=O)c2cc3ccccc3[nH]2)cc1. The number of nitrogens with one attached hydrogen (secondary N) is 2. The highest BCUT2D eigenvalue weighted by Gasteiger charge is 2.09. The topological polar surface area (TPSA) is 48.1 Å². The first-order chi connectivity index (χ1) is 12.2. The lowest BCUT2D eigenvalue weighted by Gasteiger charge is -2.18. The molecule has 0 atom stereocenters. The maximum absolute atomic E-state index is 12.3. The van der Waals surface area contributed by atoms with Crippen molar-refractivity contribution in [3.05, 3.63) is 71.4 Å². The van der Waals surface area contributed by atoms with Crippen LogP contribution in [0.4, 0.5) is 0 Å². The van der Waals surface area contributed by atoms with Crippen molar-refractivity contribution in [1.82, 2.24) is 15.2 Å². The van der Waals surface area contributed by atoms with Crippen molar-refractivity contribution < 1.29 is 4.79 Å². The number of nitrogens with zero attached hydrogens (tertiary/aromatic N) is 1. The van der Waals surface area contributed by atoms with Crippen LogP contribution in [0.3, 0.4) is 0 Å². The van der Waals surface area contributed by atoms with E-state index in [4.69, 9.17) is 0 Å². The molecule has 0 aliphatic carbocycles. The second kappa shape index (κ2) is 7.99. The summed E-state index contributed by atoms with van der Waals surface area (Å²) >= 11 is 0. The van der Waals surface area contributed by atoms with Gasteiger partial charge >= 0.3 is 0 Å². The van der Waals surface area contributed by atoms with Gasteiger partial charge in [-0.05, 0) is 36.3 Å². The number of amides is 1. The molecule has 4 nitrogen and oxygen atoms in total. The van der Waals surface area contributed by atoms with Crippen molar-refractivity contribution in [3.8, 4) is 0 Å². The Morgan fingerprint density at radius 1 is 1.00 bits per heavy atom. The Kier molecular flexibility index (Phi) is 5.51. The molecular weight excluding hydrogens is 310 g/mol. The number of aromatic nitrogens is 1. The van der Waals surface area contributed by atoms with E-state index in [1.54, 1.807) is 0 Å². The Balaban J connectivity index is 1.58. The van der Waals surface area contributed by atoms with Crippen LogP contribution in [0.5, 0.6) is 0 Å². The van der Waals surface area contributed by atoms with Gasteiger partial charge < -0.3 is 10.3 Å². The Labute approximate surface area is 148 Å². The van der Waals surface area contributed by atoms with Crippen LogP contribution < -0.4 is 5.32 Å². The molecule has 0 aliphatic heterocycles. The highest BCUT2D eigenvalue weighted by Crippen LogP contribution is 2.14. The van der Waals surface area contributed by atoms with Gasteiger partial charge in [-0.1, -0.05) is 56.3 Å². The quantitative estimate of drug-likeness (QED) is 0.687. The summed E-state index contributed by atoms with van der Waals surface area (Å²) in [5.41, 5.74) is 3.98. The van der Waals surface area contributed by atoms with Gasteiger partial charge in [-0.15, -0.1) is 0 Å². The molecule has 3 aromatic rings. The second-order valence-corrected chi connectivity index (χ2v) is 6.23. The van der Waals surface area contributed by atoms with Crippen molar-refractivity contribution in [2.45, 2.75) is 26.9 Å². The molecule has 0 spiro atoms. The van der Waals surface area contributed by atoms with E-state index < -0.39 is 0 Å². The molecular formula is C21H25N3O. The molecule has 130 valence electrons. The van der Waals surface area contributed by atoms with Gasteiger partial charge in [0.2, 0.25) is 0 Å². The zero-order valence-corrected chi connectivity index (χ0v) is 14.9. The van der Waals surface area contributed by atoms with Crippen LogP contribution in [-0.4, -0.2) is 28.9 Å². The first-order valence-electron chi connectivity index (χ1n) is 8.85. The number of aromatic amines is 1. The molecule has 2 aromatic carbocycles. The lowest BCUT2D eigenvalue weighted by Crippen LogP contribution is -2.23. The van der Waals surface area contributed by atoms with E-state index in [1.807, 2.05) is 30.3 Å². The normalized spacial score (nSPS) is 11.2. The third-order valence-electron chi connectivity index (χ3n) is 4.55. The maximum atomic E-state index is 12.3. The molecule has 0 unspecified atom stereocenters. The van der Waals surface area contributed by atoms with Crippen LogP contribution in [0.15, 0.2) is 54.6 Å². The number of hydrogen-bond donors (Lipinski definition) is 2. The van der Waals surface area contributed by atoms with Crippen LogP contribution in [-0.2, 0) is 13.1 Å². The van der Waals surface area contributed by atoms with Gasteiger partial charge in [0.1, 0.15) is 5.69 Å². The molecule has 3 rings (SSSR count). The van der Waals surface area contributed by atoms with Crippen molar-refractivity contribution >= 4 is 16.8 Å². The Hall–Kier alpha value is -2.59. The van der Waals surface area contributed by atoms with Crippen LogP contribution in [0, 0.1) is 0 Å².